The van der Waals surface area contributed by atoms with Crippen molar-refractivity contribution in [2.75, 3.05) is 10.0 Å². The summed E-state index contributed by atoms with van der Waals surface area (Å²) in [7, 11) is -4.28. The number of carbonyl (C=O) groups excluding carboxylic acids is 1. The first kappa shape index (κ1) is 22.4. The number of halogens is 2. The summed E-state index contributed by atoms with van der Waals surface area (Å²) in [5.41, 5.74) is 0.250. The molecule has 2 N–H and O–H groups in total. The highest BCUT2D eigenvalue weighted by atomic mass is 35.5. The van der Waals surface area contributed by atoms with Gasteiger partial charge in [-0.15, -0.1) is 0 Å². The van der Waals surface area contributed by atoms with Crippen LogP contribution in [0.4, 0.5) is 15.8 Å². The lowest BCUT2D eigenvalue weighted by molar-refractivity contribution is -0.116. The molecule has 33 heavy (non-hydrogen) atoms. The van der Waals surface area contributed by atoms with Crippen molar-refractivity contribution in [3.63, 3.8) is 0 Å². The highest BCUT2D eigenvalue weighted by Gasteiger charge is 2.21. The highest BCUT2D eigenvalue weighted by Crippen LogP contribution is 2.28. The average Bonchev–Trinajstić information content (AvgIpc) is 2.78. The minimum atomic E-state index is -4.28. The predicted octanol–water partition coefficient (Wildman–Crippen LogP) is 3.63. The number of amides is 1. The van der Waals surface area contributed by atoms with Crippen LogP contribution in [0.5, 0.6) is 0 Å². The van der Waals surface area contributed by atoms with Crippen LogP contribution in [-0.2, 0) is 21.4 Å². The lowest BCUT2D eigenvalue weighted by Gasteiger charge is -2.15. The first-order chi connectivity index (χ1) is 15.7. The van der Waals surface area contributed by atoms with E-state index < -0.39 is 26.6 Å². The highest BCUT2D eigenvalue weighted by molar-refractivity contribution is 7.92. The quantitative estimate of drug-likeness (QED) is 0.432. The molecule has 8 nitrogen and oxygen atoms in total. The number of carbonyl (C=O) groups is 1. The Morgan fingerprint density at radius 2 is 1.76 bits per heavy atom. The maximum absolute atomic E-state index is 14.0. The molecular formula is C22H16ClFN4O4S. The number of benzene rings is 3. The van der Waals surface area contributed by atoms with Gasteiger partial charge in [0.1, 0.15) is 17.3 Å². The second-order valence-electron chi connectivity index (χ2n) is 6.96. The molecule has 4 rings (SSSR count). The van der Waals surface area contributed by atoms with E-state index in [0.717, 1.165) is 18.3 Å². The van der Waals surface area contributed by atoms with Crippen molar-refractivity contribution in [2.24, 2.45) is 0 Å². The van der Waals surface area contributed by atoms with Gasteiger partial charge in [-0.3, -0.25) is 19.0 Å². The number of hydrogen-bond donors (Lipinski definition) is 2. The number of sulfonamides is 1. The van der Waals surface area contributed by atoms with E-state index in [1.54, 1.807) is 24.3 Å². The molecule has 0 saturated carbocycles. The van der Waals surface area contributed by atoms with E-state index >= 15 is 0 Å². The van der Waals surface area contributed by atoms with Crippen LogP contribution >= 0.6 is 11.6 Å². The Hall–Kier alpha value is -3.76. The molecule has 1 heterocycles. The summed E-state index contributed by atoms with van der Waals surface area (Å²) in [5, 5.41) is 7.23. The monoisotopic (exact) mass is 486 g/mol. The molecule has 0 unspecified atom stereocenters. The van der Waals surface area contributed by atoms with Crippen LogP contribution in [-0.4, -0.2) is 24.1 Å². The summed E-state index contributed by atoms with van der Waals surface area (Å²) in [6.45, 7) is -0.257. The molecule has 3 aromatic carbocycles. The van der Waals surface area contributed by atoms with E-state index in [1.165, 1.54) is 35.0 Å². The first-order valence-electron chi connectivity index (χ1n) is 9.56. The van der Waals surface area contributed by atoms with E-state index in [4.69, 9.17) is 11.6 Å². The molecule has 4 aromatic rings. The molecule has 0 fully saturated rings. The molecule has 0 radical (unpaired) electrons. The fraction of sp³-hybridized carbons (Fsp3) is 0.0455. The third-order valence-electron chi connectivity index (χ3n) is 4.68. The Morgan fingerprint density at radius 1 is 1.03 bits per heavy atom. The molecule has 1 aromatic heterocycles. The molecule has 0 atom stereocenters. The third-order valence-corrected chi connectivity index (χ3v) is 6.32. The number of anilines is 2. The van der Waals surface area contributed by atoms with Crippen molar-refractivity contribution < 1.29 is 17.6 Å². The summed E-state index contributed by atoms with van der Waals surface area (Å²) < 4.78 is 43.0. The second-order valence-corrected chi connectivity index (χ2v) is 9.04. The van der Waals surface area contributed by atoms with Gasteiger partial charge >= 0.3 is 0 Å². The summed E-state index contributed by atoms with van der Waals surface area (Å²) in [6.07, 6.45) is 1.11. The number of nitrogens with one attached hydrogen (secondary N) is 2. The average molecular weight is 487 g/mol. The third kappa shape index (κ3) is 4.86. The van der Waals surface area contributed by atoms with Crippen LogP contribution in [0.25, 0.3) is 10.9 Å². The summed E-state index contributed by atoms with van der Waals surface area (Å²) in [5.74, 6) is -1.47. The maximum Gasteiger partial charge on any atom is 0.264 e. The van der Waals surface area contributed by atoms with Crippen molar-refractivity contribution in [3.8, 4) is 0 Å². The normalized spacial score (nSPS) is 11.3. The van der Waals surface area contributed by atoms with Crippen LogP contribution in [0.3, 0.4) is 0 Å². The molecule has 0 aliphatic carbocycles. The molecule has 0 aliphatic heterocycles. The van der Waals surface area contributed by atoms with Gasteiger partial charge in [0.2, 0.25) is 11.3 Å². The van der Waals surface area contributed by atoms with E-state index in [2.05, 4.69) is 15.1 Å². The van der Waals surface area contributed by atoms with E-state index in [0.29, 0.717) is 10.9 Å². The number of rotatable bonds is 6. The van der Waals surface area contributed by atoms with Crippen LogP contribution in [0.15, 0.2) is 82.6 Å². The first-order valence-corrected chi connectivity index (χ1v) is 11.4. The number of aromatic nitrogens is 2. The van der Waals surface area contributed by atoms with Crippen molar-refractivity contribution in [2.45, 2.75) is 11.4 Å². The fourth-order valence-electron chi connectivity index (χ4n) is 3.18. The van der Waals surface area contributed by atoms with Crippen molar-refractivity contribution in [3.05, 3.63) is 94.0 Å². The van der Waals surface area contributed by atoms with Gasteiger partial charge in [-0.2, -0.15) is 5.10 Å². The molecule has 1 amide bonds. The molecule has 168 valence electrons. The lowest BCUT2D eigenvalue weighted by atomic mass is 10.2. The number of para-hydroxylation sites is 1. The second kappa shape index (κ2) is 9.00. The summed E-state index contributed by atoms with van der Waals surface area (Å²) in [6, 6.07) is 15.7. The van der Waals surface area contributed by atoms with E-state index in [1.807, 2.05) is 0 Å². The Bertz CT molecular complexity index is 1540. The molecule has 0 aliphatic rings. The van der Waals surface area contributed by atoms with Gasteiger partial charge in [0, 0.05) is 10.4 Å². The molecule has 0 spiro atoms. The Kier molecular flexibility index (Phi) is 6.12. The minimum absolute atomic E-state index is 0.00581. The number of fused-ring (bicyclic) bond motifs is 1. The summed E-state index contributed by atoms with van der Waals surface area (Å²) >= 11 is 6.03. The van der Waals surface area contributed by atoms with Gasteiger partial charge in [0.15, 0.2) is 0 Å². The lowest BCUT2D eigenvalue weighted by Crippen LogP contribution is -2.23. The maximum atomic E-state index is 14.0. The van der Waals surface area contributed by atoms with Crippen LogP contribution in [0, 0.1) is 5.82 Å². The Labute approximate surface area is 192 Å². The van der Waals surface area contributed by atoms with Gasteiger partial charge in [0.25, 0.3) is 10.0 Å². The van der Waals surface area contributed by atoms with Crippen molar-refractivity contribution in [1.29, 1.82) is 0 Å². The smallest absolute Gasteiger partial charge is 0.264 e. The number of hydrogen-bond acceptors (Lipinski definition) is 5. The molecular weight excluding hydrogens is 471 g/mol. The fourth-order valence-corrected chi connectivity index (χ4v) is 4.52. The standard InChI is InChI=1S/C22H16ClFN4O4S/c23-14-9-10-17(27-33(31,32)21-8-4-2-6-16(21)24)18(11-14)26-22(30)13-28-19-7-3-1-5-15(19)20(29)12-25-28/h1-12,27H,13H2,(H,26,30). The SMILES string of the molecule is O=C(Cn1ncc(=O)c2ccccc21)Nc1cc(Cl)ccc1NS(=O)(=O)c1ccccc1F. The van der Waals surface area contributed by atoms with Gasteiger partial charge in [-0.25, -0.2) is 12.8 Å². The topological polar surface area (TPSA) is 110 Å². The van der Waals surface area contributed by atoms with Gasteiger partial charge in [-0.05, 0) is 42.5 Å². The van der Waals surface area contributed by atoms with Crippen LogP contribution in [0.1, 0.15) is 0 Å². The zero-order chi connectivity index (χ0) is 23.6. The van der Waals surface area contributed by atoms with Crippen molar-refractivity contribution in [1.82, 2.24) is 9.78 Å². The minimum Gasteiger partial charge on any atom is -0.323 e. The van der Waals surface area contributed by atoms with E-state index in [-0.39, 0.29) is 28.4 Å². The van der Waals surface area contributed by atoms with Crippen LogP contribution < -0.4 is 15.5 Å². The van der Waals surface area contributed by atoms with Gasteiger partial charge in [0.05, 0.1) is 23.1 Å². The van der Waals surface area contributed by atoms with Gasteiger partial charge in [-0.1, -0.05) is 35.9 Å². The molecule has 11 heteroatoms. The number of nitrogens with zero attached hydrogens (tertiary/aromatic N) is 2. The largest absolute Gasteiger partial charge is 0.323 e. The van der Waals surface area contributed by atoms with Crippen LogP contribution in [0.2, 0.25) is 5.02 Å². The summed E-state index contributed by atoms with van der Waals surface area (Å²) in [4.78, 5) is 24.2. The zero-order valence-corrected chi connectivity index (χ0v) is 18.4. The Balaban J connectivity index is 1.61. The zero-order valence-electron chi connectivity index (χ0n) is 16.8. The predicted molar refractivity (Wildman–Crippen MR) is 123 cm³/mol. The van der Waals surface area contributed by atoms with Crippen molar-refractivity contribution >= 4 is 49.8 Å². The molecule has 0 bridgehead atoms. The Morgan fingerprint density at radius 3 is 2.55 bits per heavy atom. The van der Waals surface area contributed by atoms with Gasteiger partial charge < -0.3 is 5.32 Å². The van der Waals surface area contributed by atoms with E-state index in [9.17, 15) is 22.4 Å². The molecule has 0 saturated heterocycles.